The molecule has 1 heterocycles. The van der Waals surface area contributed by atoms with Crippen LogP contribution in [-0.4, -0.2) is 18.0 Å². The molecule has 92 valence electrons. The summed E-state index contributed by atoms with van der Waals surface area (Å²) in [6, 6.07) is 9.43. The highest BCUT2D eigenvalue weighted by molar-refractivity contribution is 6.01. The van der Waals surface area contributed by atoms with Crippen molar-refractivity contribution in [2.45, 2.75) is 51.2 Å². The molecule has 0 N–H and O–H groups in total. The van der Waals surface area contributed by atoms with Crippen LogP contribution in [0.1, 0.15) is 49.4 Å². The zero-order valence-electron chi connectivity index (χ0n) is 10.4. The topological polar surface area (TPSA) is 29.6 Å². The van der Waals surface area contributed by atoms with Gasteiger partial charge in [-0.1, -0.05) is 62.9 Å². The van der Waals surface area contributed by atoms with Crippen LogP contribution in [0.5, 0.6) is 0 Å². The van der Waals surface area contributed by atoms with Crippen LogP contribution in [0.4, 0.5) is 0 Å². The summed E-state index contributed by atoms with van der Waals surface area (Å²) in [5.74, 6) is 0.145. The van der Waals surface area contributed by atoms with Crippen LogP contribution in [0, 0.1) is 0 Å². The quantitative estimate of drug-likeness (QED) is 0.408. The van der Waals surface area contributed by atoms with Crippen molar-refractivity contribution in [1.82, 2.24) is 0 Å². The first kappa shape index (κ1) is 12.3. The Morgan fingerprint density at radius 2 is 1.94 bits per heavy atom. The third kappa shape index (κ3) is 3.40. The lowest BCUT2D eigenvalue weighted by atomic mass is 10.0. The van der Waals surface area contributed by atoms with E-state index in [4.69, 9.17) is 4.74 Å². The zero-order valence-corrected chi connectivity index (χ0v) is 10.4. The number of ketones is 1. The summed E-state index contributed by atoms with van der Waals surface area (Å²) < 4.78 is 5.46. The summed E-state index contributed by atoms with van der Waals surface area (Å²) in [6.45, 7) is 2.20. The fourth-order valence-corrected chi connectivity index (χ4v) is 2.13. The average Bonchev–Trinajstić information content (AvgIpc) is 3.14. The predicted molar refractivity (Wildman–Crippen MR) is 68.2 cm³/mol. The van der Waals surface area contributed by atoms with E-state index in [1.165, 1.54) is 25.7 Å². The Hall–Kier alpha value is -1.15. The van der Waals surface area contributed by atoms with Gasteiger partial charge in [0, 0.05) is 5.56 Å². The molecule has 2 atom stereocenters. The number of rotatable bonds is 7. The number of unbranched alkanes of at least 4 members (excludes halogenated alkanes) is 3. The molecular weight excluding hydrogens is 212 g/mol. The van der Waals surface area contributed by atoms with Crippen LogP contribution in [-0.2, 0) is 4.74 Å². The predicted octanol–water partition coefficient (Wildman–Crippen LogP) is 3.61. The fourth-order valence-electron chi connectivity index (χ4n) is 2.13. The van der Waals surface area contributed by atoms with Crippen molar-refractivity contribution in [2.24, 2.45) is 0 Å². The van der Waals surface area contributed by atoms with Gasteiger partial charge in [-0.25, -0.2) is 0 Å². The molecule has 1 aliphatic heterocycles. The molecule has 2 heteroatoms. The highest BCUT2D eigenvalue weighted by Gasteiger charge is 2.44. The molecule has 0 bridgehead atoms. The van der Waals surface area contributed by atoms with Gasteiger partial charge in [0.1, 0.15) is 6.10 Å². The van der Waals surface area contributed by atoms with Crippen LogP contribution >= 0.6 is 0 Å². The first-order chi connectivity index (χ1) is 8.33. The molecule has 0 radical (unpaired) electrons. The van der Waals surface area contributed by atoms with Crippen molar-refractivity contribution in [1.29, 1.82) is 0 Å². The van der Waals surface area contributed by atoms with E-state index < -0.39 is 0 Å². The molecule has 0 aromatic heterocycles. The number of Topliss-reactive ketones (excluding diaryl/α,β-unsaturated/α-hetero) is 1. The van der Waals surface area contributed by atoms with Crippen LogP contribution in [0.15, 0.2) is 30.3 Å². The molecule has 0 aliphatic carbocycles. The van der Waals surface area contributed by atoms with Crippen LogP contribution in [0.2, 0.25) is 0 Å². The number of hydrogen-bond acceptors (Lipinski definition) is 2. The minimum Gasteiger partial charge on any atom is -0.361 e. The van der Waals surface area contributed by atoms with Crippen molar-refractivity contribution >= 4 is 5.78 Å². The summed E-state index contributed by atoms with van der Waals surface area (Å²) in [4.78, 5) is 12.0. The minimum absolute atomic E-state index is 0.145. The van der Waals surface area contributed by atoms with Crippen molar-refractivity contribution in [3.63, 3.8) is 0 Å². The largest absolute Gasteiger partial charge is 0.361 e. The molecule has 1 aromatic carbocycles. The second-order valence-corrected chi connectivity index (χ2v) is 4.67. The number of carbonyl (C=O) groups is 1. The van der Waals surface area contributed by atoms with Crippen LogP contribution in [0.3, 0.4) is 0 Å². The number of benzene rings is 1. The second kappa shape index (κ2) is 5.97. The molecule has 0 unspecified atom stereocenters. The van der Waals surface area contributed by atoms with E-state index in [-0.39, 0.29) is 18.0 Å². The number of hydrogen-bond donors (Lipinski definition) is 0. The molecule has 0 saturated carbocycles. The van der Waals surface area contributed by atoms with E-state index in [2.05, 4.69) is 6.92 Å². The lowest BCUT2D eigenvalue weighted by Gasteiger charge is -1.97. The van der Waals surface area contributed by atoms with Gasteiger partial charge >= 0.3 is 0 Å². The minimum atomic E-state index is -0.168. The van der Waals surface area contributed by atoms with E-state index in [0.29, 0.717) is 0 Å². The van der Waals surface area contributed by atoms with Crippen LogP contribution in [0.25, 0.3) is 0 Å². The van der Waals surface area contributed by atoms with Crippen LogP contribution < -0.4 is 0 Å². The lowest BCUT2D eigenvalue weighted by Crippen LogP contribution is -2.10. The van der Waals surface area contributed by atoms with Gasteiger partial charge in [0.25, 0.3) is 0 Å². The van der Waals surface area contributed by atoms with Crippen molar-refractivity contribution < 1.29 is 9.53 Å². The molecule has 0 amide bonds. The second-order valence-electron chi connectivity index (χ2n) is 4.67. The Kier molecular flexibility index (Phi) is 4.32. The van der Waals surface area contributed by atoms with Crippen molar-refractivity contribution in [3.8, 4) is 0 Å². The molecule has 17 heavy (non-hydrogen) atoms. The fraction of sp³-hybridized carbons (Fsp3) is 0.533. The molecule has 0 spiro atoms. The Labute approximate surface area is 103 Å². The number of ether oxygens (including phenoxy) is 1. The number of carbonyl (C=O) groups excluding carboxylic acids is 1. The third-order valence-electron chi connectivity index (χ3n) is 3.24. The molecule has 2 nitrogen and oxygen atoms in total. The maximum absolute atomic E-state index is 12.0. The number of epoxide rings is 1. The van der Waals surface area contributed by atoms with Gasteiger partial charge in [-0.3, -0.25) is 4.79 Å². The van der Waals surface area contributed by atoms with E-state index in [1.54, 1.807) is 0 Å². The van der Waals surface area contributed by atoms with Crippen molar-refractivity contribution in [3.05, 3.63) is 35.9 Å². The highest BCUT2D eigenvalue weighted by Crippen LogP contribution is 2.30. The Balaban J connectivity index is 1.73. The molecule has 1 saturated heterocycles. The Morgan fingerprint density at radius 3 is 2.65 bits per heavy atom. The average molecular weight is 232 g/mol. The van der Waals surface area contributed by atoms with E-state index >= 15 is 0 Å². The summed E-state index contributed by atoms with van der Waals surface area (Å²) in [7, 11) is 0. The molecule has 1 fully saturated rings. The normalized spacial score (nSPS) is 22.4. The molecule has 1 aromatic rings. The lowest BCUT2D eigenvalue weighted by molar-refractivity contribution is 0.0953. The highest BCUT2D eigenvalue weighted by atomic mass is 16.6. The van der Waals surface area contributed by atoms with Gasteiger partial charge in [0.2, 0.25) is 0 Å². The summed E-state index contributed by atoms with van der Waals surface area (Å²) in [6.07, 6.45) is 6.00. The van der Waals surface area contributed by atoms with Gasteiger partial charge in [0.05, 0.1) is 6.10 Å². The smallest absolute Gasteiger partial charge is 0.194 e. The molecule has 2 rings (SSSR count). The summed E-state index contributed by atoms with van der Waals surface area (Å²) in [5.41, 5.74) is 0.772. The maximum Gasteiger partial charge on any atom is 0.194 e. The van der Waals surface area contributed by atoms with Gasteiger partial charge in [-0.2, -0.15) is 0 Å². The van der Waals surface area contributed by atoms with Gasteiger partial charge < -0.3 is 4.74 Å². The maximum atomic E-state index is 12.0. The van der Waals surface area contributed by atoms with Gasteiger partial charge in [0.15, 0.2) is 5.78 Å². The van der Waals surface area contributed by atoms with Gasteiger partial charge in [-0.05, 0) is 6.42 Å². The summed E-state index contributed by atoms with van der Waals surface area (Å²) in [5, 5.41) is 0. The molecule has 1 aliphatic rings. The van der Waals surface area contributed by atoms with Gasteiger partial charge in [-0.15, -0.1) is 0 Å². The van der Waals surface area contributed by atoms with E-state index in [0.717, 1.165) is 12.0 Å². The Bertz CT molecular complexity index is 358. The molecular formula is C15H20O2. The standard InChI is InChI=1S/C15H20O2/c1-2-3-4-8-11-13-15(17-13)14(16)12-9-6-5-7-10-12/h5-7,9-10,13,15H,2-4,8,11H2,1H3/t13-,15+/m0/s1. The zero-order chi connectivity index (χ0) is 12.1. The van der Waals surface area contributed by atoms with E-state index in [1.807, 2.05) is 30.3 Å². The van der Waals surface area contributed by atoms with E-state index in [9.17, 15) is 4.79 Å². The van der Waals surface area contributed by atoms with Crippen molar-refractivity contribution in [2.75, 3.05) is 0 Å². The summed E-state index contributed by atoms with van der Waals surface area (Å²) >= 11 is 0. The SMILES string of the molecule is CCCCCC[C@@H]1O[C@H]1C(=O)c1ccccc1. The monoisotopic (exact) mass is 232 g/mol. The first-order valence-electron chi connectivity index (χ1n) is 6.57. The Morgan fingerprint density at radius 1 is 1.18 bits per heavy atom. The third-order valence-corrected chi connectivity index (χ3v) is 3.24. The first-order valence-corrected chi connectivity index (χ1v) is 6.57.